The summed E-state index contributed by atoms with van der Waals surface area (Å²) in [7, 11) is -0.392. The van der Waals surface area contributed by atoms with Crippen molar-refractivity contribution in [1.29, 1.82) is 0 Å². The van der Waals surface area contributed by atoms with Gasteiger partial charge < -0.3 is 0 Å². The molecule has 0 spiro atoms. The van der Waals surface area contributed by atoms with E-state index in [1.165, 1.54) is 12.8 Å². The van der Waals surface area contributed by atoms with Gasteiger partial charge in [0.05, 0.1) is 0 Å². The van der Waals surface area contributed by atoms with E-state index in [0.29, 0.717) is 5.12 Å². The van der Waals surface area contributed by atoms with Gasteiger partial charge in [-0.25, -0.2) is 0 Å². The Kier molecular flexibility index (Phi) is 3.18. The van der Waals surface area contributed by atoms with Gasteiger partial charge in [0, 0.05) is 5.57 Å². The quantitative estimate of drug-likeness (QED) is 0.600. The van der Waals surface area contributed by atoms with Crippen LogP contribution in [-0.2, 0) is 4.79 Å². The maximum Gasteiger partial charge on any atom is 0.195 e. The van der Waals surface area contributed by atoms with E-state index in [4.69, 9.17) is 0 Å². The topological polar surface area (TPSA) is 17.1 Å². The number of carbonyl (C=O) groups is 1. The van der Waals surface area contributed by atoms with Crippen LogP contribution < -0.4 is 0 Å². The van der Waals surface area contributed by atoms with Crippen LogP contribution in [0.15, 0.2) is 11.6 Å². The molecule has 0 bridgehead atoms. The molecule has 1 aliphatic carbocycles. The van der Waals surface area contributed by atoms with Crippen molar-refractivity contribution in [2.75, 3.05) is 12.5 Å². The molecule has 11 heavy (non-hydrogen) atoms. The lowest BCUT2D eigenvalue weighted by atomic mass is 10.0. The predicted molar refractivity (Wildman–Crippen MR) is 52.4 cm³/mol. The summed E-state index contributed by atoms with van der Waals surface area (Å²) < 4.78 is 0. The molecule has 1 aliphatic rings. The van der Waals surface area contributed by atoms with Gasteiger partial charge in [-0.15, -0.1) is 0 Å². The lowest BCUT2D eigenvalue weighted by Gasteiger charge is -2.14. The zero-order valence-electron chi connectivity index (χ0n) is 7.26. The van der Waals surface area contributed by atoms with Crippen molar-refractivity contribution in [3.8, 4) is 0 Å². The van der Waals surface area contributed by atoms with Crippen LogP contribution in [0.25, 0.3) is 0 Å². The van der Waals surface area contributed by atoms with Crippen molar-refractivity contribution in [1.82, 2.24) is 0 Å². The van der Waals surface area contributed by atoms with Crippen LogP contribution >= 0.6 is 10.9 Å². The highest BCUT2D eigenvalue weighted by Gasteiger charge is 2.12. The van der Waals surface area contributed by atoms with E-state index >= 15 is 0 Å². The van der Waals surface area contributed by atoms with Crippen molar-refractivity contribution in [2.45, 2.75) is 25.7 Å². The molecular formula is C9H16OS. The lowest BCUT2D eigenvalue weighted by Crippen LogP contribution is -2.04. The van der Waals surface area contributed by atoms with Crippen molar-refractivity contribution in [3.05, 3.63) is 11.6 Å². The van der Waals surface area contributed by atoms with Crippen molar-refractivity contribution in [3.63, 3.8) is 0 Å². The summed E-state index contributed by atoms with van der Waals surface area (Å²) in [6.45, 7) is 0. The Morgan fingerprint density at radius 3 is 2.64 bits per heavy atom. The fraction of sp³-hybridized carbons (Fsp3) is 0.667. The van der Waals surface area contributed by atoms with Crippen LogP contribution in [0.3, 0.4) is 0 Å². The van der Waals surface area contributed by atoms with Crippen LogP contribution in [-0.4, -0.2) is 17.6 Å². The maximum absolute atomic E-state index is 11.5. The highest BCUT2D eigenvalue weighted by Crippen LogP contribution is 2.27. The molecule has 0 aliphatic heterocycles. The van der Waals surface area contributed by atoms with Crippen LogP contribution in [0.4, 0.5) is 0 Å². The average molecular weight is 172 g/mol. The van der Waals surface area contributed by atoms with E-state index < -0.39 is 10.9 Å². The molecule has 0 saturated heterocycles. The fourth-order valence-electron chi connectivity index (χ4n) is 1.32. The van der Waals surface area contributed by atoms with E-state index in [9.17, 15) is 4.79 Å². The second-order valence-corrected chi connectivity index (χ2v) is 5.37. The molecule has 2 heteroatoms. The van der Waals surface area contributed by atoms with E-state index in [1.54, 1.807) is 0 Å². The Bertz CT molecular complexity index is 182. The Labute approximate surface area is 71.2 Å². The number of carbonyl (C=O) groups excluding carboxylic acids is 1. The molecule has 0 aromatic carbocycles. The van der Waals surface area contributed by atoms with E-state index in [1.807, 2.05) is 12.5 Å². The molecule has 0 amide bonds. The lowest BCUT2D eigenvalue weighted by molar-refractivity contribution is -0.108. The smallest absolute Gasteiger partial charge is 0.195 e. The van der Waals surface area contributed by atoms with Crippen LogP contribution in [0.2, 0.25) is 0 Å². The first-order chi connectivity index (χ1) is 5.22. The predicted octanol–water partition coefficient (Wildman–Crippen LogP) is 2.27. The fourth-order valence-corrected chi connectivity index (χ4v) is 2.10. The molecule has 0 atom stereocenters. The monoisotopic (exact) mass is 172 g/mol. The average Bonchev–Trinajstić information content (AvgIpc) is 2.05. The number of rotatable bonds is 1. The molecule has 0 heterocycles. The third-order valence-electron chi connectivity index (χ3n) is 1.97. The largest absolute Gasteiger partial charge is 0.284 e. The number of hydrogen-bond acceptors (Lipinski definition) is 1. The first-order valence-electron chi connectivity index (χ1n) is 4.12. The van der Waals surface area contributed by atoms with Gasteiger partial charge in [-0.1, -0.05) is 6.08 Å². The second kappa shape index (κ2) is 3.96. The molecule has 0 aromatic heterocycles. The third-order valence-corrected chi connectivity index (χ3v) is 3.07. The first-order valence-corrected chi connectivity index (χ1v) is 6.36. The first kappa shape index (κ1) is 8.85. The van der Waals surface area contributed by atoms with Gasteiger partial charge in [-0.05, 0) is 38.2 Å². The molecule has 0 saturated carbocycles. The minimum Gasteiger partial charge on any atom is -0.284 e. The van der Waals surface area contributed by atoms with Crippen molar-refractivity contribution >= 4 is 16.0 Å². The standard InChI is InChI=1S/C9H16OS/c1-11(2)9(10)8-6-4-3-5-7-8/h6,11H,3-5,7H2,1-2H3. The Morgan fingerprint density at radius 2 is 2.18 bits per heavy atom. The van der Waals surface area contributed by atoms with Crippen LogP contribution in [0.5, 0.6) is 0 Å². The van der Waals surface area contributed by atoms with Gasteiger partial charge in [0.1, 0.15) is 0 Å². The molecule has 0 fully saturated rings. The minimum atomic E-state index is -0.392. The second-order valence-electron chi connectivity index (χ2n) is 3.17. The van der Waals surface area contributed by atoms with E-state index in [0.717, 1.165) is 18.4 Å². The SMILES string of the molecule is C[SH](C)C(=O)C1=CCCCC1. The van der Waals surface area contributed by atoms with Crippen molar-refractivity contribution < 1.29 is 4.79 Å². The third kappa shape index (κ3) is 2.37. The summed E-state index contributed by atoms with van der Waals surface area (Å²) >= 11 is 0. The van der Waals surface area contributed by atoms with Gasteiger partial charge in [0.15, 0.2) is 5.12 Å². The Morgan fingerprint density at radius 1 is 1.45 bits per heavy atom. The van der Waals surface area contributed by atoms with Gasteiger partial charge in [0.2, 0.25) is 0 Å². The van der Waals surface area contributed by atoms with Gasteiger partial charge in [-0.2, -0.15) is 10.9 Å². The molecule has 0 N–H and O–H groups in total. The molecule has 0 aromatic rings. The Balaban J connectivity index is 2.58. The van der Waals surface area contributed by atoms with E-state index in [2.05, 4.69) is 6.08 Å². The Hall–Kier alpha value is -0.240. The molecule has 1 nitrogen and oxygen atoms in total. The van der Waals surface area contributed by atoms with Gasteiger partial charge in [0.25, 0.3) is 0 Å². The number of hydrogen-bond donors (Lipinski definition) is 1. The highest BCUT2D eigenvalue weighted by molar-refractivity contribution is 8.29. The summed E-state index contributed by atoms with van der Waals surface area (Å²) in [5, 5.41) is 0.416. The van der Waals surface area contributed by atoms with Crippen LogP contribution in [0, 0.1) is 0 Å². The molecule has 1 rings (SSSR count). The molecule has 64 valence electrons. The highest BCUT2D eigenvalue weighted by atomic mass is 32.2. The van der Waals surface area contributed by atoms with E-state index in [-0.39, 0.29) is 0 Å². The zero-order chi connectivity index (χ0) is 8.27. The number of thiol groups is 1. The molecular weight excluding hydrogens is 156 g/mol. The summed E-state index contributed by atoms with van der Waals surface area (Å²) in [5.74, 6) is 0. The maximum atomic E-state index is 11.5. The summed E-state index contributed by atoms with van der Waals surface area (Å²) in [4.78, 5) is 11.5. The van der Waals surface area contributed by atoms with Crippen molar-refractivity contribution in [2.24, 2.45) is 0 Å². The van der Waals surface area contributed by atoms with Crippen LogP contribution in [0.1, 0.15) is 25.7 Å². The minimum absolute atomic E-state index is 0.392. The van der Waals surface area contributed by atoms with Gasteiger partial charge in [-0.3, -0.25) is 4.79 Å². The normalized spacial score (nSPS) is 19.1. The summed E-state index contributed by atoms with van der Waals surface area (Å²) in [5.41, 5.74) is 1.10. The van der Waals surface area contributed by atoms with Gasteiger partial charge >= 0.3 is 0 Å². The summed E-state index contributed by atoms with van der Waals surface area (Å²) in [6, 6.07) is 0. The molecule has 0 radical (unpaired) electrons. The number of allylic oxidation sites excluding steroid dienone is 1. The zero-order valence-corrected chi connectivity index (χ0v) is 8.16. The summed E-state index contributed by atoms with van der Waals surface area (Å²) in [6.07, 6.45) is 10.8. The molecule has 0 unspecified atom stereocenters.